The van der Waals surface area contributed by atoms with Gasteiger partial charge in [0.25, 0.3) is 0 Å². The number of hydrogen-bond acceptors (Lipinski definition) is 1. The van der Waals surface area contributed by atoms with Crippen LogP contribution in [0.4, 0.5) is 0 Å². The number of hydrogen-bond donors (Lipinski definition) is 0. The lowest BCUT2D eigenvalue weighted by molar-refractivity contribution is 0.986. The van der Waals surface area contributed by atoms with E-state index in [1.165, 1.54) is 71.5 Å². The Kier molecular flexibility index (Phi) is 7.99. The van der Waals surface area contributed by atoms with Crippen LogP contribution < -0.4 is 0 Å². The van der Waals surface area contributed by atoms with Crippen molar-refractivity contribution in [3.05, 3.63) is 217 Å². The number of rotatable bonds is 6. The van der Waals surface area contributed by atoms with Gasteiger partial charge in [-0.15, -0.1) is 0 Å². The lowest BCUT2D eigenvalue weighted by atomic mass is 9.93. The monoisotopic (exact) mass is 765 g/mol. The third kappa shape index (κ3) is 5.70. The van der Waals surface area contributed by atoms with E-state index in [0.717, 1.165) is 52.2 Å². The fraction of sp³-hybridized carbons (Fsp3) is 0.0351. The summed E-state index contributed by atoms with van der Waals surface area (Å²) in [6.07, 6.45) is 6.75. The fourth-order valence-electron chi connectivity index (χ4n) is 9.43. The number of allylic oxidation sites excluding steroid dienone is 1. The Morgan fingerprint density at radius 1 is 0.367 bits per heavy atom. The zero-order chi connectivity index (χ0) is 39.6. The molecule has 3 aromatic heterocycles. The number of para-hydroxylation sites is 2. The number of benzene rings is 8. The van der Waals surface area contributed by atoms with Gasteiger partial charge >= 0.3 is 0 Å². The van der Waals surface area contributed by atoms with Crippen LogP contribution in [0.2, 0.25) is 0 Å². The summed E-state index contributed by atoms with van der Waals surface area (Å²) in [6.45, 7) is 0. The van der Waals surface area contributed by atoms with Crippen molar-refractivity contribution in [1.29, 1.82) is 0 Å². The summed E-state index contributed by atoms with van der Waals surface area (Å²) in [6, 6.07) is 72.9. The second-order valence-corrected chi connectivity index (χ2v) is 15.9. The third-order valence-electron chi connectivity index (χ3n) is 12.4. The van der Waals surface area contributed by atoms with Crippen molar-refractivity contribution < 1.29 is 0 Å². The highest BCUT2D eigenvalue weighted by atomic mass is 15.1. The molecule has 0 unspecified atom stereocenters. The fourth-order valence-corrected chi connectivity index (χ4v) is 9.43. The van der Waals surface area contributed by atoms with Gasteiger partial charge in [-0.1, -0.05) is 152 Å². The molecule has 0 amide bonds. The molecule has 0 fully saturated rings. The molecule has 0 aliphatic heterocycles. The van der Waals surface area contributed by atoms with Crippen LogP contribution in [0.25, 0.3) is 106 Å². The van der Waals surface area contributed by atoms with E-state index >= 15 is 0 Å². The molecule has 3 nitrogen and oxygen atoms in total. The summed E-state index contributed by atoms with van der Waals surface area (Å²) < 4.78 is 4.74. The van der Waals surface area contributed by atoms with Crippen LogP contribution in [-0.2, 0) is 6.42 Å². The first-order valence-electron chi connectivity index (χ1n) is 20.8. The van der Waals surface area contributed by atoms with Crippen molar-refractivity contribution in [3.63, 3.8) is 0 Å². The number of aromatic nitrogens is 3. The second kappa shape index (κ2) is 14.0. The summed E-state index contributed by atoms with van der Waals surface area (Å²) >= 11 is 0. The highest BCUT2D eigenvalue weighted by Crippen LogP contribution is 2.39. The van der Waals surface area contributed by atoms with Gasteiger partial charge < -0.3 is 4.57 Å². The first-order chi connectivity index (χ1) is 29.7. The Balaban J connectivity index is 0.969. The van der Waals surface area contributed by atoms with E-state index in [9.17, 15) is 0 Å². The maximum absolute atomic E-state index is 5.34. The second-order valence-electron chi connectivity index (χ2n) is 15.9. The van der Waals surface area contributed by atoms with Gasteiger partial charge in [-0.2, -0.15) is 0 Å². The molecule has 3 heterocycles. The van der Waals surface area contributed by atoms with Crippen molar-refractivity contribution >= 4 is 49.7 Å². The largest absolute Gasteiger partial charge is 0.309 e. The molecule has 60 heavy (non-hydrogen) atoms. The molecule has 1 aliphatic rings. The van der Waals surface area contributed by atoms with E-state index in [0.29, 0.717) is 0 Å². The quantitative estimate of drug-likeness (QED) is 0.165. The van der Waals surface area contributed by atoms with E-state index in [4.69, 9.17) is 4.98 Å². The number of fused-ring (bicyclic) bond motifs is 7. The van der Waals surface area contributed by atoms with E-state index in [1.807, 2.05) is 0 Å². The van der Waals surface area contributed by atoms with Crippen LogP contribution in [-0.4, -0.2) is 14.1 Å². The Morgan fingerprint density at radius 2 is 0.900 bits per heavy atom. The van der Waals surface area contributed by atoms with Gasteiger partial charge in [-0.25, -0.2) is 4.98 Å². The van der Waals surface area contributed by atoms with Crippen LogP contribution in [0.5, 0.6) is 0 Å². The van der Waals surface area contributed by atoms with Crippen molar-refractivity contribution in [3.8, 4) is 56.1 Å². The molecule has 11 aromatic rings. The van der Waals surface area contributed by atoms with Crippen molar-refractivity contribution in [1.82, 2.24) is 14.1 Å². The molecule has 282 valence electrons. The molecule has 0 N–H and O–H groups in total. The van der Waals surface area contributed by atoms with E-state index in [2.05, 4.69) is 221 Å². The van der Waals surface area contributed by atoms with Crippen LogP contribution in [0.15, 0.2) is 206 Å². The maximum Gasteiger partial charge on any atom is 0.138 e. The summed E-state index contributed by atoms with van der Waals surface area (Å²) in [5, 5.41) is 4.90. The van der Waals surface area contributed by atoms with Crippen molar-refractivity contribution in [2.75, 3.05) is 0 Å². The van der Waals surface area contributed by atoms with Gasteiger partial charge in [0.15, 0.2) is 0 Å². The standard InChI is InChI=1S/C57H39N3/c1-3-13-38(14-4-1)46-36-52(41-16-5-2-6-17-41)58-57(37-46)60-54-22-12-10-20-49(54)51-35-45(28-32-56(51)60)44-27-31-55-50(34-44)48-19-9-11-21-53(48)59(55)47-29-25-40(26-30-47)43-24-23-39-15-7-8-18-42(39)33-43/h1-7,9-17,19-37H,8,18H2. The summed E-state index contributed by atoms with van der Waals surface area (Å²) in [5.41, 5.74) is 17.8. The third-order valence-corrected chi connectivity index (χ3v) is 12.4. The van der Waals surface area contributed by atoms with E-state index in [1.54, 1.807) is 0 Å². The Labute approximate surface area is 348 Å². The highest BCUT2D eigenvalue weighted by Gasteiger charge is 2.18. The summed E-state index contributed by atoms with van der Waals surface area (Å²) in [4.78, 5) is 5.34. The Hall–Kier alpha value is -7.75. The van der Waals surface area contributed by atoms with Gasteiger partial charge in [0, 0.05) is 32.8 Å². The smallest absolute Gasteiger partial charge is 0.138 e. The van der Waals surface area contributed by atoms with Gasteiger partial charge in [-0.3, -0.25) is 4.57 Å². The Bertz CT molecular complexity index is 3400. The highest BCUT2D eigenvalue weighted by molar-refractivity contribution is 6.12. The molecule has 0 spiro atoms. The first kappa shape index (κ1) is 34.3. The average molecular weight is 766 g/mol. The minimum Gasteiger partial charge on any atom is -0.309 e. The summed E-state index contributed by atoms with van der Waals surface area (Å²) in [5.74, 6) is 0.900. The molecule has 8 aromatic carbocycles. The molecule has 0 bridgehead atoms. The molecule has 3 heteroatoms. The molecule has 12 rings (SSSR count). The lowest BCUT2D eigenvalue weighted by Gasteiger charge is -2.13. The summed E-state index contributed by atoms with van der Waals surface area (Å²) in [7, 11) is 0. The van der Waals surface area contributed by atoms with Gasteiger partial charge in [-0.05, 0) is 118 Å². The van der Waals surface area contributed by atoms with Crippen LogP contribution in [0.1, 0.15) is 17.5 Å². The molecule has 0 atom stereocenters. The predicted octanol–water partition coefficient (Wildman–Crippen LogP) is 14.9. The van der Waals surface area contributed by atoms with Gasteiger partial charge in [0.05, 0.1) is 27.8 Å². The number of pyridine rings is 1. The predicted molar refractivity (Wildman–Crippen MR) is 252 cm³/mol. The van der Waals surface area contributed by atoms with Crippen molar-refractivity contribution in [2.24, 2.45) is 0 Å². The number of nitrogens with zero attached hydrogens (tertiary/aromatic N) is 3. The van der Waals surface area contributed by atoms with Crippen LogP contribution >= 0.6 is 0 Å². The molecule has 1 aliphatic carbocycles. The zero-order valence-corrected chi connectivity index (χ0v) is 33.0. The normalized spacial score (nSPS) is 12.5. The topological polar surface area (TPSA) is 22.8 Å². The molecule has 0 saturated carbocycles. The average Bonchev–Trinajstić information content (AvgIpc) is 3.84. The van der Waals surface area contributed by atoms with Crippen LogP contribution in [0.3, 0.4) is 0 Å². The van der Waals surface area contributed by atoms with Gasteiger partial charge in [0.1, 0.15) is 5.82 Å². The maximum atomic E-state index is 5.34. The minimum absolute atomic E-state index is 0.900. The Morgan fingerprint density at radius 3 is 1.60 bits per heavy atom. The number of aryl methyl sites for hydroxylation is 1. The zero-order valence-electron chi connectivity index (χ0n) is 33.0. The van der Waals surface area contributed by atoms with Crippen LogP contribution in [0, 0.1) is 0 Å². The minimum atomic E-state index is 0.900. The van der Waals surface area contributed by atoms with E-state index < -0.39 is 0 Å². The molecular weight excluding hydrogens is 727 g/mol. The van der Waals surface area contributed by atoms with E-state index in [-0.39, 0.29) is 0 Å². The SMILES string of the molecule is C1=Cc2ccc(-c3ccc(-n4c5ccccc5c5cc(-c6ccc7c(c6)c6ccccc6n7-c6cc(-c7ccccc7)cc(-c7ccccc7)n6)ccc54)cc3)cc2CC1. The molecule has 0 radical (unpaired) electrons. The van der Waals surface area contributed by atoms with Crippen molar-refractivity contribution in [2.45, 2.75) is 12.8 Å². The first-order valence-corrected chi connectivity index (χ1v) is 20.8. The molecular formula is C57H39N3. The van der Waals surface area contributed by atoms with Gasteiger partial charge in [0.2, 0.25) is 0 Å². The molecule has 0 saturated heterocycles. The lowest BCUT2D eigenvalue weighted by Crippen LogP contribution is -2.00.